The molecule has 3 rings (SSSR count). The Morgan fingerprint density at radius 1 is 1.03 bits per heavy atom. The monoisotopic (exact) mass is 473 g/mol. The Bertz CT molecular complexity index is 1160. The highest BCUT2D eigenvalue weighted by Crippen LogP contribution is 2.23. The minimum atomic E-state index is -0.942. The SMILES string of the molecule is Cc1c(Cl)cccc1NC(=O)C(=O)N/N=C/c1cccc(OCc2c(F)cccc2Cl)c1. The lowest BCUT2D eigenvalue weighted by molar-refractivity contribution is -0.136. The molecule has 0 bridgehead atoms. The lowest BCUT2D eigenvalue weighted by Gasteiger charge is -2.09. The van der Waals surface area contributed by atoms with E-state index in [-0.39, 0.29) is 17.2 Å². The van der Waals surface area contributed by atoms with E-state index in [9.17, 15) is 14.0 Å². The van der Waals surface area contributed by atoms with Crippen LogP contribution < -0.4 is 15.5 Å². The molecule has 2 N–H and O–H groups in total. The molecule has 0 aliphatic rings. The van der Waals surface area contributed by atoms with Gasteiger partial charge in [-0.25, -0.2) is 9.82 Å². The van der Waals surface area contributed by atoms with E-state index in [0.717, 1.165) is 0 Å². The number of carbonyl (C=O) groups is 2. The van der Waals surface area contributed by atoms with Gasteiger partial charge in [0.1, 0.15) is 18.2 Å². The number of amides is 2. The first-order valence-electron chi connectivity index (χ1n) is 9.40. The Morgan fingerprint density at radius 2 is 1.75 bits per heavy atom. The van der Waals surface area contributed by atoms with Crippen molar-refractivity contribution in [2.45, 2.75) is 13.5 Å². The molecule has 32 heavy (non-hydrogen) atoms. The van der Waals surface area contributed by atoms with E-state index < -0.39 is 17.6 Å². The molecule has 0 unspecified atom stereocenters. The van der Waals surface area contributed by atoms with Crippen LogP contribution in [0.1, 0.15) is 16.7 Å². The van der Waals surface area contributed by atoms with Crippen molar-refractivity contribution in [3.8, 4) is 5.75 Å². The van der Waals surface area contributed by atoms with E-state index >= 15 is 0 Å². The standard InChI is InChI=1S/C23H18Cl2FN3O3/c1-14-18(24)7-4-10-21(14)28-22(30)23(31)29-27-12-15-5-2-6-16(11-15)32-13-17-19(25)8-3-9-20(17)26/h2-12H,13H2,1H3,(H,28,30)(H,29,31)/b27-12+. The third-order valence-electron chi connectivity index (χ3n) is 4.40. The molecule has 0 saturated heterocycles. The number of halogens is 3. The van der Waals surface area contributed by atoms with Gasteiger partial charge in [0.15, 0.2) is 0 Å². The summed E-state index contributed by atoms with van der Waals surface area (Å²) in [5, 5.41) is 7.01. The second-order valence-corrected chi connectivity index (χ2v) is 7.44. The molecule has 2 amide bonds. The molecule has 9 heteroatoms. The van der Waals surface area contributed by atoms with E-state index in [1.165, 1.54) is 18.3 Å². The average molecular weight is 474 g/mol. The largest absolute Gasteiger partial charge is 0.489 e. The quantitative estimate of drug-likeness (QED) is 0.296. The Balaban J connectivity index is 1.56. The summed E-state index contributed by atoms with van der Waals surface area (Å²) < 4.78 is 19.5. The molecule has 0 saturated carbocycles. The van der Waals surface area contributed by atoms with Crippen LogP contribution in [0.5, 0.6) is 5.75 Å². The van der Waals surface area contributed by atoms with Gasteiger partial charge in [0.2, 0.25) is 0 Å². The second kappa shape index (κ2) is 10.7. The zero-order valence-electron chi connectivity index (χ0n) is 16.9. The first-order valence-corrected chi connectivity index (χ1v) is 10.2. The van der Waals surface area contributed by atoms with E-state index in [4.69, 9.17) is 27.9 Å². The lowest BCUT2D eigenvalue weighted by Crippen LogP contribution is -2.32. The number of benzene rings is 3. The molecule has 0 spiro atoms. The smallest absolute Gasteiger partial charge is 0.329 e. The van der Waals surface area contributed by atoms with Crippen molar-refractivity contribution < 1.29 is 18.7 Å². The van der Waals surface area contributed by atoms with Crippen molar-refractivity contribution in [2.24, 2.45) is 5.10 Å². The van der Waals surface area contributed by atoms with Crippen molar-refractivity contribution >= 4 is 46.9 Å². The van der Waals surface area contributed by atoms with Crippen LogP contribution in [0.25, 0.3) is 0 Å². The van der Waals surface area contributed by atoms with Gasteiger partial charge >= 0.3 is 11.8 Å². The van der Waals surface area contributed by atoms with Crippen LogP contribution in [-0.2, 0) is 16.2 Å². The van der Waals surface area contributed by atoms with Crippen molar-refractivity contribution in [1.82, 2.24) is 5.43 Å². The van der Waals surface area contributed by atoms with Gasteiger partial charge < -0.3 is 10.1 Å². The van der Waals surface area contributed by atoms with Crippen molar-refractivity contribution in [1.29, 1.82) is 0 Å². The van der Waals surface area contributed by atoms with Crippen LogP contribution in [0.2, 0.25) is 10.0 Å². The molecular weight excluding hydrogens is 456 g/mol. The summed E-state index contributed by atoms with van der Waals surface area (Å²) in [4.78, 5) is 24.0. The molecule has 3 aromatic carbocycles. The maximum absolute atomic E-state index is 13.9. The maximum atomic E-state index is 13.9. The molecule has 0 aliphatic heterocycles. The van der Waals surface area contributed by atoms with Gasteiger partial charge in [-0.1, -0.05) is 47.5 Å². The third-order valence-corrected chi connectivity index (χ3v) is 5.17. The molecule has 0 fully saturated rings. The number of ether oxygens (including phenoxy) is 1. The lowest BCUT2D eigenvalue weighted by atomic mass is 10.2. The van der Waals surface area contributed by atoms with Gasteiger partial charge in [-0.3, -0.25) is 9.59 Å². The fraction of sp³-hybridized carbons (Fsp3) is 0.0870. The number of anilines is 1. The van der Waals surface area contributed by atoms with E-state index in [1.54, 1.807) is 55.5 Å². The van der Waals surface area contributed by atoms with Crippen LogP contribution in [-0.4, -0.2) is 18.0 Å². The van der Waals surface area contributed by atoms with Gasteiger partial charge in [0, 0.05) is 16.3 Å². The van der Waals surface area contributed by atoms with E-state index in [0.29, 0.717) is 27.6 Å². The van der Waals surface area contributed by atoms with E-state index in [1.807, 2.05) is 0 Å². The number of nitrogens with zero attached hydrogens (tertiary/aromatic N) is 1. The molecule has 6 nitrogen and oxygen atoms in total. The summed E-state index contributed by atoms with van der Waals surface area (Å²) >= 11 is 12.0. The minimum Gasteiger partial charge on any atom is -0.489 e. The van der Waals surface area contributed by atoms with E-state index in [2.05, 4.69) is 15.8 Å². The number of hydrazone groups is 1. The summed E-state index contributed by atoms with van der Waals surface area (Å²) in [5.41, 5.74) is 4.08. The van der Waals surface area contributed by atoms with Gasteiger partial charge in [0.25, 0.3) is 0 Å². The van der Waals surface area contributed by atoms with Gasteiger partial charge in [-0.05, 0) is 54.4 Å². The minimum absolute atomic E-state index is 0.0497. The molecule has 0 aromatic heterocycles. The highest BCUT2D eigenvalue weighted by Gasteiger charge is 2.14. The molecule has 0 aliphatic carbocycles. The van der Waals surface area contributed by atoms with Crippen LogP contribution in [0.3, 0.4) is 0 Å². The molecule has 0 atom stereocenters. The molecule has 3 aromatic rings. The fourth-order valence-corrected chi connectivity index (χ4v) is 3.04. The van der Waals surface area contributed by atoms with Crippen LogP contribution in [0.15, 0.2) is 65.8 Å². The molecule has 0 heterocycles. The topological polar surface area (TPSA) is 79.8 Å². The summed E-state index contributed by atoms with van der Waals surface area (Å²) in [6.45, 7) is 1.68. The number of hydrogen-bond donors (Lipinski definition) is 2. The predicted octanol–water partition coefficient (Wildman–Crippen LogP) is 5.11. The Hall–Kier alpha value is -3.42. The number of rotatable bonds is 6. The molecular formula is C23H18Cl2FN3O3. The van der Waals surface area contributed by atoms with Crippen molar-refractivity contribution in [3.63, 3.8) is 0 Å². The first-order chi connectivity index (χ1) is 15.3. The number of hydrogen-bond acceptors (Lipinski definition) is 4. The summed E-state index contributed by atoms with van der Waals surface area (Å²) in [5.74, 6) is -1.83. The summed E-state index contributed by atoms with van der Waals surface area (Å²) in [7, 11) is 0. The third kappa shape index (κ3) is 6.06. The van der Waals surface area contributed by atoms with Crippen LogP contribution in [0.4, 0.5) is 10.1 Å². The van der Waals surface area contributed by atoms with Crippen LogP contribution >= 0.6 is 23.2 Å². The highest BCUT2D eigenvalue weighted by molar-refractivity contribution is 6.40. The summed E-state index contributed by atoms with van der Waals surface area (Å²) in [6, 6.07) is 16.1. The fourth-order valence-electron chi connectivity index (χ4n) is 2.65. The zero-order valence-corrected chi connectivity index (χ0v) is 18.4. The number of nitrogens with one attached hydrogen (secondary N) is 2. The Kier molecular flexibility index (Phi) is 7.81. The maximum Gasteiger partial charge on any atom is 0.329 e. The first kappa shape index (κ1) is 23.2. The summed E-state index contributed by atoms with van der Waals surface area (Å²) in [6.07, 6.45) is 1.35. The zero-order chi connectivity index (χ0) is 23.1. The average Bonchev–Trinajstić information content (AvgIpc) is 2.77. The normalized spacial score (nSPS) is 10.8. The molecule has 164 valence electrons. The van der Waals surface area contributed by atoms with Gasteiger partial charge in [-0.15, -0.1) is 0 Å². The predicted molar refractivity (Wildman–Crippen MR) is 123 cm³/mol. The van der Waals surface area contributed by atoms with Gasteiger partial charge in [0.05, 0.1) is 11.2 Å². The van der Waals surface area contributed by atoms with Crippen LogP contribution in [0, 0.1) is 12.7 Å². The van der Waals surface area contributed by atoms with Crippen molar-refractivity contribution in [3.05, 3.63) is 93.2 Å². The van der Waals surface area contributed by atoms with Crippen molar-refractivity contribution in [2.75, 3.05) is 5.32 Å². The Morgan fingerprint density at radius 3 is 2.53 bits per heavy atom. The molecule has 0 radical (unpaired) electrons. The van der Waals surface area contributed by atoms with Gasteiger partial charge in [-0.2, -0.15) is 5.10 Å². The Labute approximate surface area is 194 Å². The second-order valence-electron chi connectivity index (χ2n) is 6.63. The number of carbonyl (C=O) groups excluding carboxylic acids is 2. The highest BCUT2D eigenvalue weighted by atomic mass is 35.5.